The Morgan fingerprint density at radius 3 is 2.64 bits per heavy atom. The Balaban J connectivity index is 1.43. The van der Waals surface area contributed by atoms with Crippen LogP contribution in [-0.2, 0) is 5.41 Å². The van der Waals surface area contributed by atoms with Gasteiger partial charge in [0.05, 0.1) is 25.3 Å². The molecule has 2 N–H and O–H groups in total. The van der Waals surface area contributed by atoms with Gasteiger partial charge in [0.2, 0.25) is 5.82 Å². The van der Waals surface area contributed by atoms with E-state index in [0.717, 1.165) is 39.4 Å². The number of H-pyrrole nitrogens is 1. The largest absolute Gasteiger partial charge is 0.496 e. The molecule has 0 radical (unpaired) electrons. The molecule has 0 saturated carbocycles. The Morgan fingerprint density at radius 2 is 1.82 bits per heavy atom. The first-order valence-corrected chi connectivity index (χ1v) is 11.1. The molecule has 1 aromatic heterocycles. The van der Waals surface area contributed by atoms with Crippen molar-refractivity contribution in [2.45, 2.75) is 25.3 Å². The second-order valence-electron chi connectivity index (χ2n) is 9.21. The summed E-state index contributed by atoms with van der Waals surface area (Å²) < 4.78 is 11.9. The summed E-state index contributed by atoms with van der Waals surface area (Å²) in [6.45, 7) is 5.28. The predicted octanol–water partition coefficient (Wildman–Crippen LogP) is 5.00. The highest BCUT2D eigenvalue weighted by Crippen LogP contribution is 2.54. The number of anilines is 1. The van der Waals surface area contributed by atoms with Crippen LogP contribution in [0.2, 0.25) is 0 Å². The second-order valence-corrected chi connectivity index (χ2v) is 9.21. The molecule has 7 nitrogen and oxygen atoms in total. The molecular formula is C26H25N5O2. The van der Waals surface area contributed by atoms with Gasteiger partial charge < -0.3 is 14.8 Å². The summed E-state index contributed by atoms with van der Waals surface area (Å²) in [6, 6.07) is 21.0. The maximum atomic E-state index is 6.22. The molecule has 4 aromatic rings. The number of nitrogens with zero attached hydrogens (tertiary/aromatic N) is 3. The number of tetrazole rings is 1. The van der Waals surface area contributed by atoms with Crippen LogP contribution in [0.1, 0.15) is 31.0 Å². The molecule has 0 saturated heterocycles. The van der Waals surface area contributed by atoms with Crippen LogP contribution in [0.5, 0.6) is 11.5 Å². The summed E-state index contributed by atoms with van der Waals surface area (Å²) in [4.78, 5) is 0. The molecule has 0 fully saturated rings. The Kier molecular flexibility index (Phi) is 4.40. The lowest BCUT2D eigenvalue weighted by molar-refractivity contribution is 0.133. The highest BCUT2D eigenvalue weighted by atomic mass is 16.5. The van der Waals surface area contributed by atoms with E-state index < -0.39 is 0 Å². The van der Waals surface area contributed by atoms with Gasteiger partial charge in [0.1, 0.15) is 11.5 Å². The van der Waals surface area contributed by atoms with Crippen LogP contribution in [0.15, 0.2) is 60.7 Å². The minimum Gasteiger partial charge on any atom is -0.496 e. The topological polar surface area (TPSA) is 85.0 Å². The van der Waals surface area contributed by atoms with Gasteiger partial charge in [0, 0.05) is 22.6 Å². The minimum atomic E-state index is -0.106. The molecule has 0 amide bonds. The summed E-state index contributed by atoms with van der Waals surface area (Å²) in [7, 11) is 1.72. The first kappa shape index (κ1) is 19.8. The Hall–Kier alpha value is -3.87. The lowest BCUT2D eigenvalue weighted by atomic mass is 9.65. The van der Waals surface area contributed by atoms with Crippen molar-refractivity contribution in [1.82, 2.24) is 20.6 Å². The molecule has 0 spiro atoms. The van der Waals surface area contributed by atoms with Gasteiger partial charge in [-0.15, -0.1) is 10.2 Å². The monoisotopic (exact) mass is 439 g/mol. The van der Waals surface area contributed by atoms with E-state index in [4.69, 9.17) is 9.47 Å². The number of aromatic nitrogens is 4. The molecule has 3 heterocycles. The third-order valence-electron chi connectivity index (χ3n) is 7.13. The summed E-state index contributed by atoms with van der Waals surface area (Å²) in [5.41, 5.74) is 6.64. The van der Waals surface area contributed by atoms with Gasteiger partial charge in [0.15, 0.2) is 0 Å². The van der Waals surface area contributed by atoms with E-state index in [0.29, 0.717) is 12.4 Å². The fraction of sp³-hybridized carbons (Fsp3) is 0.269. The maximum Gasteiger partial charge on any atom is 0.204 e. The van der Waals surface area contributed by atoms with Gasteiger partial charge in [-0.2, -0.15) is 5.21 Å². The first-order chi connectivity index (χ1) is 16.1. The van der Waals surface area contributed by atoms with Crippen LogP contribution in [0.4, 0.5) is 5.69 Å². The average molecular weight is 440 g/mol. The van der Waals surface area contributed by atoms with Gasteiger partial charge in [-0.3, -0.25) is 0 Å². The van der Waals surface area contributed by atoms with Crippen molar-refractivity contribution in [3.05, 3.63) is 71.8 Å². The smallest absolute Gasteiger partial charge is 0.204 e. The van der Waals surface area contributed by atoms with Crippen LogP contribution in [0.25, 0.3) is 22.5 Å². The number of methoxy groups -OCH3 is 1. The molecule has 2 aliphatic heterocycles. The molecular weight excluding hydrogens is 414 g/mol. The number of aromatic amines is 1. The van der Waals surface area contributed by atoms with Crippen molar-refractivity contribution in [2.75, 3.05) is 19.0 Å². The van der Waals surface area contributed by atoms with Crippen LogP contribution in [0.3, 0.4) is 0 Å². The van der Waals surface area contributed by atoms with Crippen LogP contribution in [0, 0.1) is 5.92 Å². The molecule has 2 atom stereocenters. The maximum absolute atomic E-state index is 6.22. The van der Waals surface area contributed by atoms with Gasteiger partial charge in [-0.1, -0.05) is 44.2 Å². The predicted molar refractivity (Wildman–Crippen MR) is 126 cm³/mol. The van der Waals surface area contributed by atoms with Crippen molar-refractivity contribution in [3.8, 4) is 34.0 Å². The number of hydrogen-bond acceptors (Lipinski definition) is 6. The van der Waals surface area contributed by atoms with Gasteiger partial charge >= 0.3 is 0 Å². The minimum absolute atomic E-state index is 0.106. The van der Waals surface area contributed by atoms with E-state index >= 15 is 0 Å². The van der Waals surface area contributed by atoms with Crippen LogP contribution in [-0.4, -0.2) is 34.3 Å². The van der Waals surface area contributed by atoms with E-state index in [2.05, 4.69) is 70.1 Å². The quantitative estimate of drug-likeness (QED) is 0.468. The molecule has 0 aliphatic carbocycles. The zero-order chi connectivity index (χ0) is 22.6. The molecule has 33 heavy (non-hydrogen) atoms. The van der Waals surface area contributed by atoms with Crippen molar-refractivity contribution in [2.24, 2.45) is 5.92 Å². The Morgan fingerprint density at radius 1 is 1.00 bits per heavy atom. The number of rotatable bonds is 3. The molecule has 0 bridgehead atoms. The van der Waals surface area contributed by atoms with Crippen molar-refractivity contribution in [3.63, 3.8) is 0 Å². The lowest BCUT2D eigenvalue weighted by Crippen LogP contribution is -2.46. The standard InChI is InChI=1S/C26H25N5O2/c1-26(2)18-13-16(15-6-4-7-17(12-15)25-28-30-31-29-25)10-11-20(18)27-24-19(26)14-33-22-9-5-8-21(32-3)23(22)24/h4-13,19,24,27H,14H2,1-3H3,(H,28,29,30,31)/t19-,24-/m0/s1. The summed E-state index contributed by atoms with van der Waals surface area (Å²) in [6.07, 6.45) is 0. The fourth-order valence-corrected chi connectivity index (χ4v) is 5.28. The van der Waals surface area contributed by atoms with Crippen LogP contribution < -0.4 is 14.8 Å². The number of fused-ring (bicyclic) bond motifs is 4. The summed E-state index contributed by atoms with van der Waals surface area (Å²) in [5, 5.41) is 18.2. The third kappa shape index (κ3) is 3.07. The Bertz CT molecular complexity index is 1320. The summed E-state index contributed by atoms with van der Waals surface area (Å²) in [5.74, 6) is 2.61. The molecule has 166 valence electrons. The van der Waals surface area contributed by atoms with Crippen molar-refractivity contribution in [1.29, 1.82) is 0 Å². The summed E-state index contributed by atoms with van der Waals surface area (Å²) >= 11 is 0. The van der Waals surface area contributed by atoms with Crippen LogP contribution >= 0.6 is 0 Å². The first-order valence-electron chi connectivity index (χ1n) is 11.1. The van der Waals surface area contributed by atoms with Gasteiger partial charge in [-0.25, -0.2) is 0 Å². The number of nitrogens with one attached hydrogen (secondary N) is 2. The van der Waals surface area contributed by atoms with E-state index in [-0.39, 0.29) is 17.4 Å². The zero-order valence-electron chi connectivity index (χ0n) is 18.8. The highest BCUT2D eigenvalue weighted by molar-refractivity contribution is 5.74. The normalized spacial score (nSPS) is 20.0. The number of ether oxygens (including phenoxy) is 2. The lowest BCUT2D eigenvalue weighted by Gasteiger charge is -2.48. The van der Waals surface area contributed by atoms with E-state index in [9.17, 15) is 0 Å². The number of hydrogen-bond donors (Lipinski definition) is 2. The zero-order valence-corrected chi connectivity index (χ0v) is 18.8. The van der Waals surface area contributed by atoms with Crippen molar-refractivity contribution >= 4 is 5.69 Å². The SMILES string of the molecule is COc1cccc2c1[C@H]1Nc3ccc(-c4cccc(-c5nn[nH]n5)c4)cc3C(C)(C)[C@H]1CO2. The van der Waals surface area contributed by atoms with E-state index in [1.165, 1.54) is 5.56 Å². The van der Waals surface area contributed by atoms with E-state index in [1.54, 1.807) is 7.11 Å². The molecule has 3 aromatic carbocycles. The van der Waals surface area contributed by atoms with E-state index in [1.807, 2.05) is 30.3 Å². The van der Waals surface area contributed by atoms with Crippen molar-refractivity contribution < 1.29 is 9.47 Å². The van der Waals surface area contributed by atoms with Gasteiger partial charge in [0.25, 0.3) is 0 Å². The molecule has 6 rings (SSSR count). The molecule has 7 heteroatoms. The molecule has 0 unspecified atom stereocenters. The fourth-order valence-electron chi connectivity index (χ4n) is 5.28. The highest BCUT2D eigenvalue weighted by Gasteiger charge is 2.47. The third-order valence-corrected chi connectivity index (χ3v) is 7.13. The Labute approximate surface area is 192 Å². The number of benzene rings is 3. The van der Waals surface area contributed by atoms with Gasteiger partial charge in [-0.05, 0) is 52.2 Å². The molecule has 2 aliphatic rings. The second kappa shape index (κ2) is 7.33. The average Bonchev–Trinajstić information content (AvgIpc) is 3.38.